The van der Waals surface area contributed by atoms with E-state index < -0.39 is 0 Å². The van der Waals surface area contributed by atoms with E-state index in [0.29, 0.717) is 0 Å². The summed E-state index contributed by atoms with van der Waals surface area (Å²) in [7, 11) is 0. The van der Waals surface area contributed by atoms with Gasteiger partial charge in [0.15, 0.2) is 0 Å². The molecule has 2 rings (SSSR count). The standard InChI is InChI=1S/C8H7N3O/c1(7-3-4-12-5-7)2-8-9-6-10-11-8/h1-6H,(H,9,10,11). The summed E-state index contributed by atoms with van der Waals surface area (Å²) in [4.78, 5) is 3.93. The second kappa shape index (κ2) is 3.04. The molecule has 0 aliphatic heterocycles. The van der Waals surface area contributed by atoms with E-state index in [4.69, 9.17) is 4.42 Å². The van der Waals surface area contributed by atoms with Gasteiger partial charge in [0.2, 0.25) is 0 Å². The summed E-state index contributed by atoms with van der Waals surface area (Å²) in [6.07, 6.45) is 8.48. The molecule has 0 atom stereocenters. The van der Waals surface area contributed by atoms with Crippen molar-refractivity contribution in [3.05, 3.63) is 36.3 Å². The summed E-state index contributed by atoms with van der Waals surface area (Å²) in [5.74, 6) is 0.733. The first kappa shape index (κ1) is 6.84. The Balaban J connectivity index is 2.14. The van der Waals surface area contributed by atoms with Gasteiger partial charge in [-0.25, -0.2) is 4.98 Å². The minimum atomic E-state index is 0.733. The van der Waals surface area contributed by atoms with Crippen LogP contribution < -0.4 is 0 Å². The van der Waals surface area contributed by atoms with Gasteiger partial charge in [-0.1, -0.05) is 0 Å². The lowest BCUT2D eigenvalue weighted by Crippen LogP contribution is -1.73. The van der Waals surface area contributed by atoms with Gasteiger partial charge < -0.3 is 4.42 Å². The molecule has 60 valence electrons. The van der Waals surface area contributed by atoms with Crippen molar-refractivity contribution in [2.75, 3.05) is 0 Å². The van der Waals surface area contributed by atoms with Gasteiger partial charge in [-0.2, -0.15) is 5.10 Å². The topological polar surface area (TPSA) is 54.7 Å². The molecule has 2 aromatic rings. The Labute approximate surface area is 68.9 Å². The highest BCUT2D eigenvalue weighted by molar-refractivity contribution is 5.65. The van der Waals surface area contributed by atoms with Crippen molar-refractivity contribution >= 4 is 12.2 Å². The Bertz CT molecular complexity index is 311. The molecule has 0 aromatic carbocycles. The van der Waals surface area contributed by atoms with Crippen molar-refractivity contribution in [1.82, 2.24) is 15.2 Å². The Hall–Kier alpha value is -1.84. The lowest BCUT2D eigenvalue weighted by atomic mass is 10.3. The molecule has 0 saturated heterocycles. The zero-order valence-corrected chi connectivity index (χ0v) is 6.27. The van der Waals surface area contributed by atoms with Crippen LogP contribution in [0.3, 0.4) is 0 Å². The first-order valence-electron chi connectivity index (χ1n) is 3.51. The molecule has 0 radical (unpaired) electrons. The van der Waals surface area contributed by atoms with Crippen molar-refractivity contribution in [1.29, 1.82) is 0 Å². The van der Waals surface area contributed by atoms with Crippen LogP contribution in [0.2, 0.25) is 0 Å². The second-order valence-electron chi connectivity index (χ2n) is 2.26. The van der Waals surface area contributed by atoms with Gasteiger partial charge in [0.25, 0.3) is 0 Å². The van der Waals surface area contributed by atoms with Crippen LogP contribution in [0.5, 0.6) is 0 Å². The minimum Gasteiger partial charge on any atom is -0.472 e. The molecule has 0 unspecified atom stereocenters. The molecular formula is C8H7N3O. The summed E-state index contributed by atoms with van der Waals surface area (Å²) in [5, 5.41) is 6.43. The van der Waals surface area contributed by atoms with E-state index in [9.17, 15) is 0 Å². The smallest absolute Gasteiger partial charge is 0.148 e. The average Bonchev–Trinajstić information content (AvgIpc) is 2.74. The number of furan rings is 1. The third-order valence-electron chi connectivity index (χ3n) is 1.41. The molecule has 0 amide bonds. The third kappa shape index (κ3) is 1.42. The van der Waals surface area contributed by atoms with Gasteiger partial charge in [0.05, 0.1) is 12.5 Å². The normalized spacial score (nSPS) is 11.0. The summed E-state index contributed by atoms with van der Waals surface area (Å²) >= 11 is 0. The van der Waals surface area contributed by atoms with Gasteiger partial charge in [0.1, 0.15) is 12.2 Å². The molecule has 4 nitrogen and oxygen atoms in total. The minimum absolute atomic E-state index is 0.733. The molecule has 0 aliphatic carbocycles. The Morgan fingerprint density at radius 2 is 2.42 bits per heavy atom. The average molecular weight is 161 g/mol. The van der Waals surface area contributed by atoms with Crippen LogP contribution >= 0.6 is 0 Å². The van der Waals surface area contributed by atoms with E-state index >= 15 is 0 Å². The van der Waals surface area contributed by atoms with Crippen LogP contribution in [-0.2, 0) is 0 Å². The van der Waals surface area contributed by atoms with Gasteiger partial charge in [-0.05, 0) is 18.2 Å². The molecule has 2 aromatic heterocycles. The molecule has 1 N–H and O–H groups in total. The first-order chi connectivity index (χ1) is 5.95. The number of nitrogens with zero attached hydrogens (tertiary/aromatic N) is 2. The number of rotatable bonds is 2. The maximum absolute atomic E-state index is 4.89. The Morgan fingerprint density at radius 3 is 3.08 bits per heavy atom. The van der Waals surface area contributed by atoms with Gasteiger partial charge in [-0.15, -0.1) is 0 Å². The molecular weight excluding hydrogens is 154 g/mol. The maximum atomic E-state index is 4.89. The lowest BCUT2D eigenvalue weighted by molar-refractivity contribution is 0.567. The monoisotopic (exact) mass is 161 g/mol. The van der Waals surface area contributed by atoms with Gasteiger partial charge >= 0.3 is 0 Å². The van der Waals surface area contributed by atoms with Crippen LogP contribution in [-0.4, -0.2) is 15.2 Å². The van der Waals surface area contributed by atoms with E-state index in [-0.39, 0.29) is 0 Å². The number of H-pyrrole nitrogens is 1. The zero-order valence-electron chi connectivity index (χ0n) is 6.27. The van der Waals surface area contributed by atoms with Crippen molar-refractivity contribution in [3.8, 4) is 0 Å². The molecule has 0 bridgehead atoms. The van der Waals surface area contributed by atoms with Crippen molar-refractivity contribution < 1.29 is 4.42 Å². The third-order valence-corrected chi connectivity index (χ3v) is 1.41. The number of hydrogen-bond acceptors (Lipinski definition) is 3. The predicted molar refractivity (Wildman–Crippen MR) is 44.0 cm³/mol. The highest BCUT2D eigenvalue weighted by Gasteiger charge is 1.88. The molecule has 0 fully saturated rings. The lowest BCUT2D eigenvalue weighted by Gasteiger charge is -1.80. The van der Waals surface area contributed by atoms with E-state index in [1.165, 1.54) is 6.33 Å². The summed E-state index contributed by atoms with van der Waals surface area (Å²) in [5.41, 5.74) is 1.01. The van der Waals surface area contributed by atoms with E-state index in [2.05, 4.69) is 15.2 Å². The highest BCUT2D eigenvalue weighted by Crippen LogP contribution is 2.04. The summed E-state index contributed by atoms with van der Waals surface area (Å²) in [6.45, 7) is 0. The van der Waals surface area contributed by atoms with Crippen LogP contribution in [0.1, 0.15) is 11.4 Å². The fourth-order valence-electron chi connectivity index (χ4n) is 0.840. The van der Waals surface area contributed by atoms with Crippen molar-refractivity contribution in [3.63, 3.8) is 0 Å². The number of nitrogens with one attached hydrogen (secondary N) is 1. The fraction of sp³-hybridized carbons (Fsp3) is 0. The molecule has 0 aliphatic rings. The summed E-state index contributed by atoms with van der Waals surface area (Å²) in [6, 6.07) is 1.87. The van der Waals surface area contributed by atoms with Crippen LogP contribution in [0.15, 0.2) is 29.3 Å². The van der Waals surface area contributed by atoms with Gasteiger partial charge in [0, 0.05) is 5.56 Å². The Morgan fingerprint density at radius 1 is 1.42 bits per heavy atom. The van der Waals surface area contributed by atoms with Crippen LogP contribution in [0, 0.1) is 0 Å². The Kier molecular flexibility index (Phi) is 1.74. The number of aromatic amines is 1. The van der Waals surface area contributed by atoms with Crippen molar-refractivity contribution in [2.45, 2.75) is 0 Å². The van der Waals surface area contributed by atoms with E-state index in [1.807, 2.05) is 18.2 Å². The first-order valence-corrected chi connectivity index (χ1v) is 3.51. The second-order valence-corrected chi connectivity index (χ2v) is 2.26. The molecule has 12 heavy (non-hydrogen) atoms. The van der Waals surface area contributed by atoms with Crippen LogP contribution in [0.4, 0.5) is 0 Å². The van der Waals surface area contributed by atoms with E-state index in [1.54, 1.807) is 12.5 Å². The quantitative estimate of drug-likeness (QED) is 0.727. The largest absolute Gasteiger partial charge is 0.472 e. The summed E-state index contributed by atoms with van der Waals surface area (Å²) < 4.78 is 4.89. The number of aromatic nitrogens is 3. The molecule has 0 spiro atoms. The van der Waals surface area contributed by atoms with E-state index in [0.717, 1.165) is 11.4 Å². The predicted octanol–water partition coefficient (Wildman–Crippen LogP) is 1.57. The molecule has 0 saturated carbocycles. The highest BCUT2D eigenvalue weighted by atomic mass is 16.3. The maximum Gasteiger partial charge on any atom is 0.148 e. The zero-order chi connectivity index (χ0) is 8.23. The number of hydrogen-bond donors (Lipinski definition) is 1. The molecule has 4 heteroatoms. The SMILES string of the molecule is C(=Cc1ncn[nH]1)c1ccoc1. The molecule has 2 heterocycles. The van der Waals surface area contributed by atoms with Crippen molar-refractivity contribution in [2.24, 2.45) is 0 Å². The van der Waals surface area contributed by atoms with Gasteiger partial charge in [-0.3, -0.25) is 5.10 Å². The fourth-order valence-corrected chi connectivity index (χ4v) is 0.840. The van der Waals surface area contributed by atoms with Crippen LogP contribution in [0.25, 0.3) is 12.2 Å².